The van der Waals surface area contributed by atoms with Crippen LogP contribution in [0.15, 0.2) is 42.5 Å². The maximum Gasteiger partial charge on any atom is 0.340 e. The molecule has 0 bridgehead atoms. The highest BCUT2D eigenvalue weighted by molar-refractivity contribution is 5.96. The molecule has 2 aromatic rings. The number of nitrogen functional groups attached to an aromatic ring is 1. The largest absolute Gasteiger partial charge is 0.493 e. The smallest absolute Gasteiger partial charge is 0.340 e. The molecule has 0 fully saturated rings. The Labute approximate surface area is 138 Å². The second-order valence-electron chi connectivity index (χ2n) is 4.61. The first kappa shape index (κ1) is 17.1. The highest BCUT2D eigenvalue weighted by atomic mass is 16.7. The normalized spacial score (nSPS) is 9.92. The van der Waals surface area contributed by atoms with Gasteiger partial charge < -0.3 is 20.0 Å². The molecule has 0 aromatic heterocycles. The molecule has 0 atom stereocenters. The van der Waals surface area contributed by atoms with Crippen LogP contribution < -0.4 is 26.3 Å². The number of carbonyl (C=O) groups excluding carboxylic acids is 2. The zero-order valence-corrected chi connectivity index (χ0v) is 13.2. The van der Waals surface area contributed by atoms with Crippen molar-refractivity contribution in [2.45, 2.75) is 0 Å². The number of nitrogens with two attached hydrogens (primary N) is 1. The summed E-state index contributed by atoms with van der Waals surface area (Å²) in [6.07, 6.45) is 0. The molecule has 0 heterocycles. The predicted molar refractivity (Wildman–Crippen MR) is 86.4 cm³/mol. The van der Waals surface area contributed by atoms with Crippen LogP contribution in [0, 0.1) is 0 Å². The number of esters is 1. The Hall–Kier alpha value is -3.26. The third-order valence-corrected chi connectivity index (χ3v) is 3.10. The maximum atomic E-state index is 11.9. The molecule has 0 radical (unpaired) electrons. The summed E-state index contributed by atoms with van der Waals surface area (Å²) in [5, 5.41) is 0. The van der Waals surface area contributed by atoms with E-state index in [0.29, 0.717) is 5.56 Å². The summed E-state index contributed by atoms with van der Waals surface area (Å²) in [5.74, 6) is -0.575. The quantitative estimate of drug-likeness (QED) is 0.415. The number of benzene rings is 2. The van der Waals surface area contributed by atoms with Gasteiger partial charge in [-0.15, -0.1) is 0 Å². The molecule has 0 aliphatic carbocycles. The van der Waals surface area contributed by atoms with Gasteiger partial charge in [0.1, 0.15) is 0 Å². The Morgan fingerprint density at radius 2 is 1.75 bits per heavy atom. The fourth-order valence-corrected chi connectivity index (χ4v) is 1.89. The monoisotopic (exact) mass is 331 g/mol. The van der Waals surface area contributed by atoms with Gasteiger partial charge in [-0.1, -0.05) is 23.8 Å². The molecule has 2 rings (SSSR count). The van der Waals surface area contributed by atoms with Gasteiger partial charge in [0.05, 0.1) is 25.5 Å². The van der Waals surface area contributed by atoms with Crippen molar-refractivity contribution in [2.24, 2.45) is 0 Å². The zero-order valence-electron chi connectivity index (χ0n) is 13.2. The molecule has 0 aliphatic rings. The average molecular weight is 331 g/mol. The molecule has 0 saturated carbocycles. The second-order valence-corrected chi connectivity index (χ2v) is 4.61. The third-order valence-electron chi connectivity index (χ3n) is 3.10. The molecule has 0 unspecified atom stereocenters. The van der Waals surface area contributed by atoms with Crippen molar-refractivity contribution in [3.63, 3.8) is 0 Å². The summed E-state index contributed by atoms with van der Waals surface area (Å²) >= 11 is 0. The first-order chi connectivity index (χ1) is 11.6. The second kappa shape index (κ2) is 7.84. The lowest BCUT2D eigenvalue weighted by atomic mass is 10.1. The molecular weight excluding hydrogens is 314 g/mol. The van der Waals surface area contributed by atoms with Crippen LogP contribution in [0.5, 0.6) is 11.5 Å². The summed E-state index contributed by atoms with van der Waals surface area (Å²) in [7, 11) is 2.66. The molecule has 24 heavy (non-hydrogen) atoms. The first-order valence-corrected chi connectivity index (χ1v) is 6.90. The Balaban J connectivity index is 2.08. The van der Waals surface area contributed by atoms with Crippen LogP contribution in [-0.4, -0.2) is 26.1 Å². The Kier molecular flexibility index (Phi) is 5.58. The van der Waals surface area contributed by atoms with Crippen molar-refractivity contribution >= 4 is 17.6 Å². The van der Waals surface area contributed by atoms with E-state index in [9.17, 15) is 9.59 Å². The lowest BCUT2D eigenvalue weighted by Gasteiger charge is -2.14. The van der Waals surface area contributed by atoms with Crippen molar-refractivity contribution < 1.29 is 23.9 Å². The van der Waals surface area contributed by atoms with Crippen LogP contribution in [0.3, 0.4) is 0 Å². The van der Waals surface area contributed by atoms with Crippen LogP contribution in [0.25, 0.3) is 0 Å². The van der Waals surface area contributed by atoms with Crippen molar-refractivity contribution in [1.82, 2.24) is 11.0 Å². The van der Waals surface area contributed by atoms with Gasteiger partial charge in [0.25, 0.3) is 5.91 Å². The minimum absolute atomic E-state index is 0.115. The molecule has 8 nitrogen and oxygen atoms in total. The predicted octanol–water partition coefficient (Wildman–Crippen LogP) is 1.29. The lowest BCUT2D eigenvalue weighted by molar-refractivity contribution is 0.0598. The summed E-state index contributed by atoms with van der Waals surface area (Å²) in [6, 6.07) is 11.3. The Bertz CT molecular complexity index is 734. The van der Waals surface area contributed by atoms with Crippen molar-refractivity contribution in [3.8, 4) is 11.5 Å². The van der Waals surface area contributed by atoms with Crippen LogP contribution >= 0.6 is 0 Å². The standard InChI is InChI=1S/C16H17N3O5/c1-22-13-9-12(17)11(16(21)23-2)8-14(13)24-19-18-15(20)10-6-4-3-5-7-10/h3-9,19H,17H2,1-2H3,(H,18,20). The number of carbonyl (C=O) groups is 2. The van der Waals surface area contributed by atoms with Gasteiger partial charge in [0.2, 0.25) is 0 Å². The van der Waals surface area contributed by atoms with E-state index in [1.54, 1.807) is 30.3 Å². The van der Waals surface area contributed by atoms with E-state index in [0.717, 1.165) is 0 Å². The number of ether oxygens (including phenoxy) is 2. The number of nitrogens with one attached hydrogen (secondary N) is 2. The summed E-state index contributed by atoms with van der Waals surface area (Å²) in [5.41, 5.74) is 11.2. The minimum atomic E-state index is -0.617. The highest BCUT2D eigenvalue weighted by Crippen LogP contribution is 2.32. The zero-order chi connectivity index (χ0) is 17.5. The van der Waals surface area contributed by atoms with E-state index in [2.05, 4.69) is 15.8 Å². The fourth-order valence-electron chi connectivity index (χ4n) is 1.89. The molecule has 126 valence electrons. The minimum Gasteiger partial charge on any atom is -0.493 e. The topological polar surface area (TPSA) is 112 Å². The SMILES string of the molecule is COC(=O)c1cc(ONNC(=O)c2ccccc2)c(OC)cc1N. The fraction of sp³-hybridized carbons (Fsp3) is 0.125. The Morgan fingerprint density at radius 1 is 1.04 bits per heavy atom. The molecule has 1 amide bonds. The molecule has 8 heteroatoms. The van der Waals surface area contributed by atoms with Crippen LogP contribution in [0.1, 0.15) is 20.7 Å². The number of methoxy groups -OCH3 is 2. The van der Waals surface area contributed by atoms with Gasteiger partial charge in [-0.2, -0.15) is 0 Å². The van der Waals surface area contributed by atoms with Gasteiger partial charge in [-0.25, -0.2) is 4.79 Å². The number of anilines is 1. The number of hydrogen-bond acceptors (Lipinski definition) is 7. The van der Waals surface area contributed by atoms with Gasteiger partial charge >= 0.3 is 5.97 Å². The first-order valence-electron chi connectivity index (χ1n) is 6.90. The summed E-state index contributed by atoms with van der Waals surface area (Å²) in [4.78, 5) is 28.8. The van der Waals surface area contributed by atoms with Gasteiger partial charge in [0, 0.05) is 17.7 Å². The van der Waals surface area contributed by atoms with E-state index >= 15 is 0 Å². The van der Waals surface area contributed by atoms with Gasteiger partial charge in [0.15, 0.2) is 11.5 Å². The lowest BCUT2D eigenvalue weighted by Crippen LogP contribution is -2.39. The highest BCUT2D eigenvalue weighted by Gasteiger charge is 2.16. The van der Waals surface area contributed by atoms with Crippen molar-refractivity contribution in [2.75, 3.05) is 20.0 Å². The van der Waals surface area contributed by atoms with E-state index in [1.165, 1.54) is 26.4 Å². The average Bonchev–Trinajstić information content (AvgIpc) is 2.62. The van der Waals surface area contributed by atoms with E-state index < -0.39 is 11.9 Å². The van der Waals surface area contributed by atoms with Crippen LogP contribution in [0.2, 0.25) is 0 Å². The number of amides is 1. The maximum absolute atomic E-state index is 11.9. The molecule has 4 N–H and O–H groups in total. The molecule has 0 aliphatic heterocycles. The van der Waals surface area contributed by atoms with Gasteiger partial charge in [-0.3, -0.25) is 10.2 Å². The molecule has 2 aromatic carbocycles. The van der Waals surface area contributed by atoms with E-state index in [1.807, 2.05) is 0 Å². The third kappa shape index (κ3) is 3.93. The van der Waals surface area contributed by atoms with Crippen LogP contribution in [-0.2, 0) is 4.74 Å². The molecule has 0 saturated heterocycles. The number of rotatable bonds is 6. The molecule has 0 spiro atoms. The number of hydrogen-bond donors (Lipinski definition) is 3. The number of hydrazine groups is 1. The summed E-state index contributed by atoms with van der Waals surface area (Å²) in [6.45, 7) is 0. The van der Waals surface area contributed by atoms with Crippen LogP contribution in [0.4, 0.5) is 5.69 Å². The summed E-state index contributed by atoms with van der Waals surface area (Å²) < 4.78 is 9.77. The van der Waals surface area contributed by atoms with E-state index in [-0.39, 0.29) is 22.7 Å². The van der Waals surface area contributed by atoms with Crippen molar-refractivity contribution in [3.05, 3.63) is 53.6 Å². The van der Waals surface area contributed by atoms with Gasteiger partial charge in [-0.05, 0) is 12.1 Å². The Morgan fingerprint density at radius 3 is 2.38 bits per heavy atom. The molecular formula is C16H17N3O5. The van der Waals surface area contributed by atoms with E-state index in [4.69, 9.17) is 15.3 Å². The van der Waals surface area contributed by atoms with Crippen molar-refractivity contribution in [1.29, 1.82) is 0 Å².